The summed E-state index contributed by atoms with van der Waals surface area (Å²) >= 11 is 3.29. The third kappa shape index (κ3) is 2.60. The van der Waals surface area contributed by atoms with E-state index in [-0.39, 0.29) is 11.0 Å². The van der Waals surface area contributed by atoms with Crippen LogP contribution >= 0.6 is 15.9 Å². The average Bonchev–Trinajstić information content (AvgIpc) is 2.33. The molecule has 0 radical (unpaired) electrons. The van der Waals surface area contributed by atoms with Gasteiger partial charge in [0, 0.05) is 28.6 Å². The molecule has 0 saturated carbocycles. The predicted molar refractivity (Wildman–Crippen MR) is 73.6 cm³/mol. The second-order valence-corrected chi connectivity index (χ2v) is 4.47. The predicted octanol–water partition coefficient (Wildman–Crippen LogP) is 1.97. The number of pyridine rings is 1. The van der Waals surface area contributed by atoms with Crippen molar-refractivity contribution in [2.75, 3.05) is 11.1 Å². The quantitative estimate of drug-likeness (QED) is 0.741. The van der Waals surface area contributed by atoms with Gasteiger partial charge >= 0.3 is 0 Å². The summed E-state index contributed by atoms with van der Waals surface area (Å²) in [6.45, 7) is 0. The zero-order valence-electron chi connectivity index (χ0n) is 9.24. The maximum absolute atomic E-state index is 11.9. The second-order valence-electron chi connectivity index (χ2n) is 3.62. The number of hydrogen-bond acceptors (Lipinski definition) is 3. The molecule has 0 spiro atoms. The van der Waals surface area contributed by atoms with E-state index >= 15 is 0 Å². The van der Waals surface area contributed by atoms with E-state index in [9.17, 15) is 9.59 Å². The molecule has 18 heavy (non-hydrogen) atoms. The number of amides is 1. The number of carbonyl (C=O) groups is 1. The van der Waals surface area contributed by atoms with Gasteiger partial charge < -0.3 is 16.0 Å². The molecule has 0 aliphatic heterocycles. The Labute approximate surface area is 111 Å². The lowest BCUT2D eigenvalue weighted by Crippen LogP contribution is -2.21. The van der Waals surface area contributed by atoms with Gasteiger partial charge in [0.1, 0.15) is 5.56 Å². The van der Waals surface area contributed by atoms with Gasteiger partial charge in [-0.1, -0.05) is 0 Å². The Kier molecular flexibility index (Phi) is 3.47. The van der Waals surface area contributed by atoms with Gasteiger partial charge in [0.05, 0.1) is 5.69 Å². The molecule has 4 N–H and O–H groups in total. The molecule has 6 heteroatoms. The number of nitrogens with one attached hydrogen (secondary N) is 2. The molecule has 0 saturated heterocycles. The number of hydrogen-bond donors (Lipinski definition) is 3. The molecule has 0 aliphatic rings. The fourth-order valence-corrected chi connectivity index (χ4v) is 1.91. The van der Waals surface area contributed by atoms with Gasteiger partial charge in [-0.2, -0.15) is 0 Å². The van der Waals surface area contributed by atoms with Gasteiger partial charge in [0.2, 0.25) is 0 Å². The maximum atomic E-state index is 11.9. The third-order valence-corrected chi connectivity index (χ3v) is 2.97. The largest absolute Gasteiger partial charge is 0.399 e. The van der Waals surface area contributed by atoms with Gasteiger partial charge in [0.15, 0.2) is 5.43 Å². The molecule has 1 heterocycles. The first-order valence-electron chi connectivity index (χ1n) is 5.11. The zero-order chi connectivity index (χ0) is 13.1. The number of carbonyl (C=O) groups excluding carboxylic acids is 1. The summed E-state index contributed by atoms with van der Waals surface area (Å²) in [4.78, 5) is 26.1. The molecular formula is C12H10BrN3O2. The van der Waals surface area contributed by atoms with Crippen LogP contribution < -0.4 is 16.5 Å². The minimum absolute atomic E-state index is 0.0567. The summed E-state index contributed by atoms with van der Waals surface area (Å²) in [7, 11) is 0. The minimum atomic E-state index is -0.470. The molecule has 92 valence electrons. The highest BCUT2D eigenvalue weighted by molar-refractivity contribution is 9.10. The van der Waals surface area contributed by atoms with E-state index in [2.05, 4.69) is 26.2 Å². The lowest BCUT2D eigenvalue weighted by Gasteiger charge is -2.07. The molecule has 1 aromatic heterocycles. The van der Waals surface area contributed by atoms with Crippen LogP contribution in [0.3, 0.4) is 0 Å². The highest BCUT2D eigenvalue weighted by Crippen LogP contribution is 2.24. The van der Waals surface area contributed by atoms with Crippen molar-refractivity contribution in [2.45, 2.75) is 0 Å². The first kappa shape index (κ1) is 12.4. The molecule has 0 aliphatic carbocycles. The van der Waals surface area contributed by atoms with Crippen LogP contribution in [0.1, 0.15) is 10.4 Å². The van der Waals surface area contributed by atoms with Crippen LogP contribution in [0.4, 0.5) is 11.4 Å². The Bertz CT molecular complexity index is 652. The van der Waals surface area contributed by atoms with Gasteiger partial charge in [-0.3, -0.25) is 9.59 Å². The average molecular weight is 308 g/mol. The van der Waals surface area contributed by atoms with E-state index in [1.54, 1.807) is 18.2 Å². The Morgan fingerprint density at radius 2 is 2.11 bits per heavy atom. The molecule has 1 aromatic carbocycles. The molecule has 1 amide bonds. The summed E-state index contributed by atoms with van der Waals surface area (Å²) in [6.07, 6.45) is 2.83. The molecule has 0 fully saturated rings. The number of anilines is 2. The molecule has 0 atom stereocenters. The topological polar surface area (TPSA) is 88.0 Å². The maximum Gasteiger partial charge on any atom is 0.261 e. The van der Waals surface area contributed by atoms with Crippen molar-refractivity contribution >= 4 is 33.2 Å². The van der Waals surface area contributed by atoms with Crippen LogP contribution in [-0.4, -0.2) is 10.9 Å². The van der Waals surface area contributed by atoms with Crippen LogP contribution in [0.25, 0.3) is 0 Å². The van der Waals surface area contributed by atoms with Gasteiger partial charge in [0.25, 0.3) is 5.91 Å². The van der Waals surface area contributed by atoms with Crippen LogP contribution in [0.15, 0.2) is 45.9 Å². The second kappa shape index (κ2) is 5.05. The third-order valence-electron chi connectivity index (χ3n) is 2.31. The monoisotopic (exact) mass is 307 g/mol. The molecule has 2 aromatic rings. The smallest absolute Gasteiger partial charge is 0.261 e. The van der Waals surface area contributed by atoms with Crippen molar-refractivity contribution in [3.63, 3.8) is 0 Å². The number of benzene rings is 1. The first-order chi connectivity index (χ1) is 8.58. The van der Waals surface area contributed by atoms with E-state index < -0.39 is 5.91 Å². The number of H-pyrrole nitrogens is 1. The molecule has 2 rings (SSSR count). The fraction of sp³-hybridized carbons (Fsp3) is 0. The van der Waals surface area contributed by atoms with Crippen molar-refractivity contribution in [2.24, 2.45) is 0 Å². The molecular weight excluding hydrogens is 298 g/mol. The summed E-state index contributed by atoms with van der Waals surface area (Å²) in [5, 5.41) is 2.63. The SMILES string of the molecule is Nc1ccc(NC(=O)c2c[nH]ccc2=O)c(Br)c1. The first-order valence-corrected chi connectivity index (χ1v) is 5.90. The van der Waals surface area contributed by atoms with Crippen molar-refractivity contribution in [3.05, 3.63) is 56.9 Å². The Balaban J connectivity index is 2.27. The van der Waals surface area contributed by atoms with Gasteiger partial charge in [-0.15, -0.1) is 0 Å². The van der Waals surface area contributed by atoms with Gasteiger partial charge in [-0.05, 0) is 34.1 Å². The highest BCUT2D eigenvalue weighted by Gasteiger charge is 2.11. The lowest BCUT2D eigenvalue weighted by molar-refractivity contribution is 0.102. The zero-order valence-corrected chi connectivity index (χ0v) is 10.8. The Morgan fingerprint density at radius 3 is 2.78 bits per heavy atom. The number of aromatic nitrogens is 1. The van der Waals surface area contributed by atoms with E-state index in [0.29, 0.717) is 15.8 Å². The van der Waals surface area contributed by atoms with E-state index in [1.165, 1.54) is 18.5 Å². The number of halogens is 1. The lowest BCUT2D eigenvalue weighted by atomic mass is 10.2. The Morgan fingerprint density at radius 1 is 1.33 bits per heavy atom. The van der Waals surface area contributed by atoms with E-state index in [0.717, 1.165) is 0 Å². The molecule has 5 nitrogen and oxygen atoms in total. The minimum Gasteiger partial charge on any atom is -0.399 e. The van der Waals surface area contributed by atoms with Crippen LogP contribution in [-0.2, 0) is 0 Å². The van der Waals surface area contributed by atoms with Crippen LogP contribution in [0.2, 0.25) is 0 Å². The molecule has 0 unspecified atom stereocenters. The summed E-state index contributed by atoms with van der Waals surface area (Å²) in [5.41, 5.74) is 6.45. The normalized spacial score (nSPS) is 10.1. The van der Waals surface area contributed by atoms with Crippen molar-refractivity contribution in [3.8, 4) is 0 Å². The van der Waals surface area contributed by atoms with Crippen LogP contribution in [0, 0.1) is 0 Å². The van der Waals surface area contributed by atoms with Crippen molar-refractivity contribution in [1.29, 1.82) is 0 Å². The number of aromatic amines is 1. The Hall–Kier alpha value is -2.08. The van der Waals surface area contributed by atoms with Crippen molar-refractivity contribution in [1.82, 2.24) is 4.98 Å². The van der Waals surface area contributed by atoms with Crippen molar-refractivity contribution < 1.29 is 4.79 Å². The number of nitrogens with two attached hydrogens (primary N) is 1. The van der Waals surface area contributed by atoms with Gasteiger partial charge in [-0.25, -0.2) is 0 Å². The van der Waals surface area contributed by atoms with Crippen LogP contribution in [0.5, 0.6) is 0 Å². The highest BCUT2D eigenvalue weighted by atomic mass is 79.9. The number of nitrogen functional groups attached to an aromatic ring is 1. The summed E-state index contributed by atoms with van der Waals surface area (Å²) < 4.78 is 0.656. The summed E-state index contributed by atoms with van der Waals surface area (Å²) in [5.74, 6) is -0.470. The standard InChI is InChI=1S/C12H10BrN3O2/c13-9-5-7(14)1-2-10(9)16-12(18)8-6-15-4-3-11(8)17/h1-6H,14H2,(H,15,17)(H,16,18). The molecule has 0 bridgehead atoms. The number of rotatable bonds is 2. The van der Waals surface area contributed by atoms with E-state index in [1.807, 2.05) is 0 Å². The summed E-state index contributed by atoms with van der Waals surface area (Å²) in [6, 6.07) is 6.29. The van der Waals surface area contributed by atoms with E-state index in [4.69, 9.17) is 5.73 Å². The fourth-order valence-electron chi connectivity index (χ4n) is 1.42.